The summed E-state index contributed by atoms with van der Waals surface area (Å²) in [5.41, 5.74) is 1.89. The Hall–Kier alpha value is -1.84. The van der Waals surface area contributed by atoms with E-state index in [1.54, 1.807) is 0 Å². The van der Waals surface area contributed by atoms with E-state index in [0.29, 0.717) is 5.66 Å². The van der Waals surface area contributed by atoms with Crippen molar-refractivity contribution in [1.29, 1.82) is 0 Å². The first-order chi connectivity index (χ1) is 18.3. The van der Waals surface area contributed by atoms with Crippen LogP contribution in [0.5, 0.6) is 0 Å². The van der Waals surface area contributed by atoms with Crippen molar-refractivity contribution in [2.24, 2.45) is 0 Å². The van der Waals surface area contributed by atoms with Gasteiger partial charge in [0, 0.05) is 24.5 Å². The Morgan fingerprint density at radius 1 is 0.513 bits per heavy atom. The van der Waals surface area contributed by atoms with Gasteiger partial charge >= 0.3 is 0 Å². The second kappa shape index (κ2) is 16.4. The number of rotatable bonds is 10. The van der Waals surface area contributed by atoms with Crippen molar-refractivity contribution in [1.82, 2.24) is 0 Å². The molecule has 0 fully saturated rings. The Morgan fingerprint density at radius 2 is 0.897 bits per heavy atom. The number of benzene rings is 5. The number of hydrogen-bond acceptors (Lipinski definition) is 0. The molecule has 5 heteroatoms. The summed E-state index contributed by atoms with van der Waals surface area (Å²) >= 11 is 6.20. The van der Waals surface area contributed by atoms with Crippen molar-refractivity contribution in [3.05, 3.63) is 156 Å². The molecule has 1 radical (unpaired) electrons. The van der Waals surface area contributed by atoms with Crippen LogP contribution in [0.2, 0.25) is 5.02 Å². The summed E-state index contributed by atoms with van der Waals surface area (Å²) in [7, 11) is -1.03. The van der Waals surface area contributed by atoms with Gasteiger partial charge in [0.25, 0.3) is 0 Å². The molecule has 5 rings (SSSR count). The minimum Gasteiger partial charge on any atom is -1.00 e. The Kier molecular flexibility index (Phi) is 13.4. The van der Waals surface area contributed by atoms with Gasteiger partial charge in [0.05, 0.1) is 0 Å². The van der Waals surface area contributed by atoms with Gasteiger partial charge in [-0.25, -0.2) is 0 Å². The van der Waals surface area contributed by atoms with Crippen LogP contribution in [0.1, 0.15) is 12.0 Å². The van der Waals surface area contributed by atoms with E-state index < -0.39 is 15.8 Å². The van der Waals surface area contributed by atoms with E-state index in [9.17, 15) is 0 Å². The maximum Gasteiger partial charge on any atom is 0.0406 e. The quantitative estimate of drug-likeness (QED) is 0.146. The number of aryl methyl sites for hydroxylation is 1. The smallest absolute Gasteiger partial charge is 0.0406 e. The van der Waals surface area contributed by atoms with Crippen molar-refractivity contribution in [2.75, 3.05) is 6.16 Å². The van der Waals surface area contributed by atoms with Crippen LogP contribution in [-0.2, 0) is 25.9 Å². The largest absolute Gasteiger partial charge is 1.00 e. The normalized spacial score (nSPS) is 11.5. The Bertz CT molecular complexity index is 1270. The average molecular weight is 675 g/mol. The molecule has 5 aromatic carbocycles. The minimum absolute atomic E-state index is 0. The molecule has 201 valence electrons. The van der Waals surface area contributed by atoms with Crippen molar-refractivity contribution in [3.8, 4) is 0 Å². The third-order valence-electron chi connectivity index (χ3n) is 6.64. The molecule has 0 aliphatic heterocycles. The van der Waals surface area contributed by atoms with Crippen molar-refractivity contribution in [2.45, 2.75) is 18.5 Å². The first kappa shape index (κ1) is 31.7. The van der Waals surface area contributed by atoms with Crippen LogP contribution >= 0.6 is 27.4 Å². The summed E-state index contributed by atoms with van der Waals surface area (Å²) in [6.45, 7) is 0. The molecule has 1 atom stereocenters. The second-order valence-electron chi connectivity index (χ2n) is 9.14. The van der Waals surface area contributed by atoms with Gasteiger partial charge in [-0.05, 0) is 79.4 Å². The summed E-state index contributed by atoms with van der Waals surface area (Å²) in [5.74, 6) is 0. The van der Waals surface area contributed by atoms with Crippen LogP contribution in [0.4, 0.5) is 0 Å². The molecule has 1 unspecified atom stereocenters. The van der Waals surface area contributed by atoms with E-state index in [1.807, 2.05) is 12.1 Å². The van der Waals surface area contributed by atoms with Gasteiger partial charge < -0.3 is 12.4 Å². The van der Waals surface area contributed by atoms with Crippen molar-refractivity contribution < 1.29 is 31.9 Å². The third-order valence-corrected chi connectivity index (χ3v) is 12.7. The van der Waals surface area contributed by atoms with Gasteiger partial charge in [0.15, 0.2) is 0 Å². The van der Waals surface area contributed by atoms with Gasteiger partial charge in [-0.2, -0.15) is 0 Å². The summed E-state index contributed by atoms with van der Waals surface area (Å²) in [5, 5.41) is 6.63. The fraction of sp³-hybridized carbons (Fsp3) is 0.118. The summed E-state index contributed by atoms with van der Waals surface area (Å²) in [4.78, 5) is 0. The monoisotopic (exact) mass is 674 g/mol. The zero-order valence-electron chi connectivity index (χ0n) is 21.5. The van der Waals surface area contributed by atoms with Gasteiger partial charge in [-0.15, -0.1) is 0 Å². The van der Waals surface area contributed by atoms with Gasteiger partial charge in [-0.1, -0.05) is 145 Å². The van der Waals surface area contributed by atoms with Crippen LogP contribution in [0.15, 0.2) is 146 Å². The molecule has 0 nitrogen and oxygen atoms in total. The molecule has 0 aliphatic carbocycles. The minimum atomic E-state index is -0.540. The van der Waals surface area contributed by atoms with Crippen LogP contribution in [0.25, 0.3) is 0 Å². The van der Waals surface area contributed by atoms with Crippen LogP contribution in [0.3, 0.4) is 0 Å². The van der Waals surface area contributed by atoms with E-state index in [2.05, 4.69) is 133 Å². The fourth-order valence-corrected chi connectivity index (χ4v) is 11.0. The molecule has 0 N–H and O–H groups in total. The molecule has 39 heavy (non-hydrogen) atoms. The van der Waals surface area contributed by atoms with E-state index in [4.69, 9.17) is 11.6 Å². The molecule has 0 aliphatic rings. The predicted octanol–water partition coefficient (Wildman–Crippen LogP) is 4.91. The summed E-state index contributed by atoms with van der Waals surface area (Å²) in [6.07, 6.45) is 3.34. The van der Waals surface area contributed by atoms with Gasteiger partial charge in [0.1, 0.15) is 0 Å². The van der Waals surface area contributed by atoms with E-state index in [-0.39, 0.29) is 31.9 Å². The summed E-state index contributed by atoms with van der Waals surface area (Å²) in [6, 6.07) is 53.1. The van der Waals surface area contributed by atoms with Gasteiger partial charge in [-0.3, -0.25) is 0 Å². The van der Waals surface area contributed by atoms with Crippen LogP contribution in [-0.4, -0.2) is 11.8 Å². The first-order valence-electron chi connectivity index (χ1n) is 12.8. The zero-order chi connectivity index (χ0) is 25.3. The SMILES string of the molecule is Clc1ccc(CCC(CP(c2ccccc2)c2ccccc2)P(c2ccccc2)c2ccccc2)cc1.[Cl-].[Rh]. The molecule has 0 amide bonds. The van der Waals surface area contributed by atoms with E-state index in [1.165, 1.54) is 26.8 Å². The van der Waals surface area contributed by atoms with E-state index >= 15 is 0 Å². The topological polar surface area (TPSA) is 0 Å². The predicted molar refractivity (Wildman–Crippen MR) is 167 cm³/mol. The fourth-order valence-electron chi connectivity index (χ4n) is 4.82. The summed E-state index contributed by atoms with van der Waals surface area (Å²) < 4.78 is 0. The van der Waals surface area contributed by atoms with Crippen molar-refractivity contribution >= 4 is 48.7 Å². The standard InChI is InChI=1S/C34H31ClP2.ClH.Rh/c35-29-24-21-28(22-25-29)23-26-34(37(32-17-9-3-10-18-32)33-19-11-4-12-20-33)27-36(30-13-5-1-6-14-30)31-15-7-2-8-16-31;;/h1-22,24-25,34H,23,26-27H2;1H;/p-1. The molecule has 0 bridgehead atoms. The third kappa shape index (κ3) is 8.82. The molecular weight excluding hydrogens is 644 g/mol. The Balaban J connectivity index is 0.00000210. The Labute approximate surface area is 259 Å². The second-order valence-corrected chi connectivity index (χ2v) is 14.3. The Morgan fingerprint density at radius 3 is 1.31 bits per heavy atom. The number of halogens is 2. The molecule has 5 aromatic rings. The van der Waals surface area contributed by atoms with Crippen LogP contribution < -0.4 is 33.6 Å². The molecule has 0 aromatic heterocycles. The molecular formula is C34H31Cl2P2Rh-. The molecule has 0 spiro atoms. The first-order valence-corrected chi connectivity index (χ1v) is 16.1. The maximum absolute atomic E-state index is 6.20. The van der Waals surface area contributed by atoms with Crippen molar-refractivity contribution in [3.63, 3.8) is 0 Å². The molecule has 0 saturated carbocycles. The zero-order valence-corrected chi connectivity index (χ0v) is 26.5. The molecule has 0 heterocycles. The molecule has 0 saturated heterocycles. The van der Waals surface area contributed by atoms with E-state index in [0.717, 1.165) is 24.0 Å². The van der Waals surface area contributed by atoms with Gasteiger partial charge in [0.2, 0.25) is 0 Å². The van der Waals surface area contributed by atoms with Crippen LogP contribution in [0, 0.1) is 0 Å². The average Bonchev–Trinajstić information content (AvgIpc) is 2.97. The maximum atomic E-state index is 6.20. The number of hydrogen-bond donors (Lipinski definition) is 0.